The van der Waals surface area contributed by atoms with Gasteiger partial charge in [-0.25, -0.2) is 0 Å². The van der Waals surface area contributed by atoms with Gasteiger partial charge < -0.3 is 0 Å². The van der Waals surface area contributed by atoms with Gasteiger partial charge in [-0.3, -0.25) is 0 Å². The maximum Gasteiger partial charge on any atom is -0.0318 e. The highest BCUT2D eigenvalue weighted by molar-refractivity contribution is 5.22. The Morgan fingerprint density at radius 1 is 0.667 bits per heavy atom. The summed E-state index contributed by atoms with van der Waals surface area (Å²) in [4.78, 5) is 0. The minimum atomic E-state index is 1.25. The Morgan fingerprint density at radius 3 is 1.56 bits per heavy atom. The van der Waals surface area contributed by atoms with Gasteiger partial charge in [0, 0.05) is 0 Å². The molecule has 0 aromatic rings. The van der Waals surface area contributed by atoms with Crippen LogP contribution >= 0.6 is 0 Å². The highest BCUT2D eigenvalue weighted by Crippen LogP contribution is 2.80. The molecule has 0 aromatic carbocycles. The number of rotatable bonds is 0. The topological polar surface area (TPSA) is 0 Å². The molecule has 0 nitrogen and oxygen atoms in total. The summed E-state index contributed by atoms with van der Waals surface area (Å²) in [6.45, 7) is 0. The second kappa shape index (κ2) is 0.889. The van der Waals surface area contributed by atoms with Crippen LogP contribution in [0.5, 0.6) is 0 Å². The lowest BCUT2D eigenvalue weighted by molar-refractivity contribution is -0.154. The van der Waals surface area contributed by atoms with Gasteiger partial charge in [0.2, 0.25) is 0 Å². The van der Waals surface area contributed by atoms with E-state index < -0.39 is 0 Å². The van der Waals surface area contributed by atoms with Crippen molar-refractivity contribution < 1.29 is 0 Å². The minimum absolute atomic E-state index is 1.25. The van der Waals surface area contributed by atoms with E-state index in [1.807, 2.05) is 0 Å². The molecule has 9 heavy (non-hydrogen) atoms. The van der Waals surface area contributed by atoms with Crippen molar-refractivity contribution in [2.75, 3.05) is 0 Å². The van der Waals surface area contributed by atoms with Crippen molar-refractivity contribution in [2.24, 2.45) is 35.5 Å². The van der Waals surface area contributed by atoms with E-state index in [0.717, 1.165) is 0 Å². The van der Waals surface area contributed by atoms with Crippen molar-refractivity contribution >= 4 is 0 Å². The predicted molar refractivity (Wildman–Crippen MR) is 34.8 cm³/mol. The van der Waals surface area contributed by atoms with Crippen LogP contribution in [-0.4, -0.2) is 0 Å². The van der Waals surface area contributed by atoms with Crippen LogP contribution in [0.3, 0.4) is 0 Å². The Balaban J connectivity index is 1.97. The highest BCUT2D eigenvalue weighted by Gasteiger charge is 2.74. The van der Waals surface area contributed by atoms with Gasteiger partial charge >= 0.3 is 0 Å². The van der Waals surface area contributed by atoms with Crippen molar-refractivity contribution in [1.29, 1.82) is 0 Å². The van der Waals surface area contributed by atoms with Crippen molar-refractivity contribution in [2.45, 2.75) is 19.3 Å². The third kappa shape index (κ3) is 0.210. The quantitative estimate of drug-likeness (QED) is 0.458. The van der Waals surface area contributed by atoms with Gasteiger partial charge in [-0.2, -0.15) is 0 Å². The Labute approximate surface area is 55.6 Å². The van der Waals surface area contributed by atoms with Crippen LogP contribution in [0.2, 0.25) is 0 Å². The molecular formula is C9H12. The van der Waals surface area contributed by atoms with Gasteiger partial charge in [0.1, 0.15) is 0 Å². The normalized spacial score (nSPS) is 80.0. The molecule has 0 heteroatoms. The van der Waals surface area contributed by atoms with Gasteiger partial charge in [-0.15, -0.1) is 0 Å². The molecule has 8 aliphatic carbocycles. The number of hydrogen-bond acceptors (Lipinski definition) is 0. The zero-order valence-corrected chi connectivity index (χ0v) is 5.59. The maximum absolute atomic E-state index is 1.66. The molecule has 6 bridgehead atoms. The second-order valence-electron chi connectivity index (χ2n) is 4.62. The summed E-state index contributed by atoms with van der Waals surface area (Å²) in [5.41, 5.74) is 0. The van der Waals surface area contributed by atoms with Gasteiger partial charge in [-0.05, 0) is 54.8 Å². The fourth-order valence-electron chi connectivity index (χ4n) is 4.80. The largest absolute Gasteiger partial charge is 0.0496 e. The molecule has 0 N–H and O–H groups in total. The van der Waals surface area contributed by atoms with E-state index >= 15 is 0 Å². The molecule has 0 aliphatic heterocycles. The lowest BCUT2D eigenvalue weighted by atomic mass is 9.42. The molecule has 0 saturated heterocycles. The Hall–Kier alpha value is 0. The first-order valence-corrected chi connectivity index (χ1v) is 4.47. The van der Waals surface area contributed by atoms with Crippen LogP contribution in [0.25, 0.3) is 0 Å². The molecule has 0 spiro atoms. The zero-order chi connectivity index (χ0) is 5.59. The second-order valence-corrected chi connectivity index (χ2v) is 4.62. The van der Waals surface area contributed by atoms with Crippen molar-refractivity contribution in [3.8, 4) is 0 Å². The summed E-state index contributed by atoms with van der Waals surface area (Å²) in [6.07, 6.45) is 4.89. The van der Waals surface area contributed by atoms with Gasteiger partial charge in [0.25, 0.3) is 0 Å². The molecule has 0 heterocycles. The SMILES string of the molecule is C1CC2C3C4C[C@H]2C3C14. The first kappa shape index (κ1) is 4.00. The van der Waals surface area contributed by atoms with Crippen LogP contribution in [-0.2, 0) is 0 Å². The third-order valence-electron chi connectivity index (χ3n) is 4.90. The molecule has 8 saturated carbocycles. The van der Waals surface area contributed by atoms with E-state index in [4.69, 9.17) is 0 Å². The predicted octanol–water partition coefficient (Wildman–Crippen LogP) is 1.91. The number of hydrogen-bond donors (Lipinski definition) is 0. The summed E-state index contributed by atoms with van der Waals surface area (Å²) < 4.78 is 0. The van der Waals surface area contributed by atoms with Crippen LogP contribution in [0.4, 0.5) is 0 Å². The molecule has 48 valence electrons. The van der Waals surface area contributed by atoms with Crippen LogP contribution < -0.4 is 0 Å². The summed E-state index contributed by atoms with van der Waals surface area (Å²) in [6, 6.07) is 0. The molecule has 5 unspecified atom stereocenters. The average Bonchev–Trinajstić information content (AvgIpc) is 2.48. The Kier molecular flexibility index (Phi) is 0.395. The average molecular weight is 120 g/mol. The van der Waals surface area contributed by atoms with Gasteiger partial charge in [0.05, 0.1) is 0 Å². The third-order valence-corrected chi connectivity index (χ3v) is 4.90. The lowest BCUT2D eigenvalue weighted by Crippen LogP contribution is -2.58. The summed E-state index contributed by atoms with van der Waals surface area (Å²) in [5, 5.41) is 0. The zero-order valence-electron chi connectivity index (χ0n) is 5.59. The maximum atomic E-state index is 1.66. The van der Waals surface area contributed by atoms with Crippen LogP contribution in [0.15, 0.2) is 0 Å². The Morgan fingerprint density at radius 2 is 1.22 bits per heavy atom. The molecule has 8 rings (SSSR count). The molecule has 0 aromatic heterocycles. The van der Waals surface area contributed by atoms with E-state index in [-0.39, 0.29) is 0 Å². The van der Waals surface area contributed by atoms with E-state index in [0.29, 0.717) is 0 Å². The lowest BCUT2D eigenvalue weighted by Gasteiger charge is -2.63. The monoisotopic (exact) mass is 120 g/mol. The summed E-state index contributed by atoms with van der Waals surface area (Å²) in [5.74, 6) is 7.61. The molecule has 6 atom stereocenters. The Bertz CT molecular complexity index is 133. The first-order valence-electron chi connectivity index (χ1n) is 4.47. The minimum Gasteiger partial charge on any atom is -0.0496 e. The molecule has 0 amide bonds. The van der Waals surface area contributed by atoms with Crippen LogP contribution in [0.1, 0.15) is 19.3 Å². The molecule has 0 radical (unpaired) electrons. The van der Waals surface area contributed by atoms with E-state index in [1.54, 1.807) is 19.3 Å². The molecular weight excluding hydrogens is 108 g/mol. The van der Waals surface area contributed by atoms with Gasteiger partial charge in [0.15, 0.2) is 0 Å². The fourth-order valence-corrected chi connectivity index (χ4v) is 4.80. The molecule has 8 aliphatic rings. The smallest absolute Gasteiger partial charge is 0.0318 e. The van der Waals surface area contributed by atoms with Crippen molar-refractivity contribution in [3.05, 3.63) is 0 Å². The summed E-state index contributed by atoms with van der Waals surface area (Å²) in [7, 11) is 0. The van der Waals surface area contributed by atoms with Crippen molar-refractivity contribution in [3.63, 3.8) is 0 Å². The van der Waals surface area contributed by atoms with Crippen LogP contribution in [0, 0.1) is 35.5 Å². The highest BCUT2D eigenvalue weighted by atomic mass is 14.8. The molecule has 8 fully saturated rings. The first-order chi connectivity index (χ1) is 4.47. The van der Waals surface area contributed by atoms with E-state index in [1.165, 1.54) is 35.5 Å². The fraction of sp³-hybridized carbons (Fsp3) is 1.00. The van der Waals surface area contributed by atoms with E-state index in [2.05, 4.69) is 0 Å². The summed E-state index contributed by atoms with van der Waals surface area (Å²) >= 11 is 0. The van der Waals surface area contributed by atoms with Gasteiger partial charge in [-0.1, -0.05) is 0 Å². The van der Waals surface area contributed by atoms with Crippen molar-refractivity contribution in [1.82, 2.24) is 0 Å². The van der Waals surface area contributed by atoms with E-state index in [9.17, 15) is 0 Å². The standard InChI is InChI=1S/C9H12/c1-2-5-7-3-6-4(1)8(7)9(5)6/h4-9H,1-3H2/t4?,5?,6-,7?,8?,9?/m1/s1.